The van der Waals surface area contributed by atoms with Crippen molar-refractivity contribution in [1.29, 1.82) is 5.41 Å². The van der Waals surface area contributed by atoms with Crippen molar-refractivity contribution in [2.24, 2.45) is 5.73 Å². The normalized spacial score (nSPS) is 13.3. The van der Waals surface area contributed by atoms with Crippen LogP contribution in [0.25, 0.3) is 0 Å². The molecule has 0 aliphatic carbocycles. The van der Waals surface area contributed by atoms with E-state index in [4.69, 9.17) is 10.7 Å². The summed E-state index contributed by atoms with van der Waals surface area (Å²) in [6, 6.07) is 0. The lowest BCUT2D eigenvalue weighted by Crippen LogP contribution is -2.17. The average molecular weight is 124 g/mol. The van der Waals surface area contributed by atoms with Gasteiger partial charge in [0.15, 0.2) is 0 Å². The van der Waals surface area contributed by atoms with Crippen LogP contribution in [0.1, 0.15) is 0 Å². The predicted octanol–water partition coefficient (Wildman–Crippen LogP) is -0.967. The molecule has 1 unspecified atom stereocenters. The van der Waals surface area contributed by atoms with Gasteiger partial charge in [-0.15, -0.1) is 4.33 Å². The molecule has 0 aromatic rings. The van der Waals surface area contributed by atoms with Crippen LogP contribution in [0.2, 0.25) is 0 Å². The minimum atomic E-state index is -2.16. The summed E-state index contributed by atoms with van der Waals surface area (Å²) in [4.78, 5) is 0. The van der Waals surface area contributed by atoms with Gasteiger partial charge in [0, 0.05) is 0 Å². The van der Waals surface area contributed by atoms with E-state index in [0.29, 0.717) is 0 Å². The molecule has 0 bridgehead atoms. The Kier molecular flexibility index (Phi) is 2.49. The summed E-state index contributed by atoms with van der Waals surface area (Å²) in [5.74, 6) is 0. The Morgan fingerprint density at radius 2 is 2.43 bits per heavy atom. The van der Waals surface area contributed by atoms with Gasteiger partial charge in [-0.05, 0) is 0 Å². The maximum atomic E-state index is 9.80. The molecular formula is CH4N2O3S. The topological polar surface area (TPSA) is 96.4 Å². The van der Waals surface area contributed by atoms with Crippen molar-refractivity contribution in [1.82, 2.24) is 0 Å². The van der Waals surface area contributed by atoms with Crippen molar-refractivity contribution in [3.8, 4) is 0 Å². The van der Waals surface area contributed by atoms with E-state index in [-0.39, 0.29) is 0 Å². The van der Waals surface area contributed by atoms with Crippen LogP contribution in [0.15, 0.2) is 0 Å². The van der Waals surface area contributed by atoms with E-state index in [1.807, 2.05) is 0 Å². The van der Waals surface area contributed by atoms with Gasteiger partial charge in [-0.25, -0.2) is 9.47 Å². The third-order valence-corrected chi connectivity index (χ3v) is 0.742. The summed E-state index contributed by atoms with van der Waals surface area (Å²) >= 11 is -2.16. The average Bonchev–Trinajstić information content (AvgIpc) is 1.65. The molecule has 0 amide bonds. The molecule has 0 fully saturated rings. The van der Waals surface area contributed by atoms with Crippen LogP contribution in [0.4, 0.5) is 0 Å². The third kappa shape index (κ3) is 2.26. The fourth-order valence-electron chi connectivity index (χ4n) is 0.0402. The monoisotopic (exact) mass is 124 g/mol. The Morgan fingerprint density at radius 1 is 2.00 bits per heavy atom. The Balaban J connectivity index is 3.58. The van der Waals surface area contributed by atoms with Crippen molar-refractivity contribution in [3.63, 3.8) is 0 Å². The Labute approximate surface area is 42.2 Å². The van der Waals surface area contributed by atoms with E-state index < -0.39 is 16.2 Å². The zero-order valence-corrected chi connectivity index (χ0v) is 4.07. The molecular weight excluding hydrogens is 120 g/mol. The highest BCUT2D eigenvalue weighted by Gasteiger charge is 1.98. The summed E-state index contributed by atoms with van der Waals surface area (Å²) in [5.41, 5.74) is 4.54. The van der Waals surface area contributed by atoms with Gasteiger partial charge >= 0.3 is 0 Å². The van der Waals surface area contributed by atoms with Crippen molar-refractivity contribution in [3.05, 3.63) is 0 Å². The molecule has 0 heterocycles. The fraction of sp³-hybridized carbons (Fsp3) is 0. The van der Waals surface area contributed by atoms with Gasteiger partial charge in [-0.1, -0.05) is 0 Å². The number of nitrogens with one attached hydrogen (secondary N) is 1. The fourth-order valence-corrected chi connectivity index (χ4v) is 0.120. The first-order chi connectivity index (χ1) is 3.18. The lowest BCUT2D eigenvalue weighted by atomic mass is 11.4. The van der Waals surface area contributed by atoms with Crippen molar-refractivity contribution < 1.29 is 13.8 Å². The van der Waals surface area contributed by atoms with Crippen molar-refractivity contribution >= 4 is 16.2 Å². The number of hydrogen-bond donors (Lipinski definition) is 3. The van der Waals surface area contributed by atoms with E-state index in [0.717, 1.165) is 0 Å². The van der Waals surface area contributed by atoms with Gasteiger partial charge in [0.25, 0.3) is 11.1 Å². The van der Waals surface area contributed by atoms with E-state index in [2.05, 4.69) is 10.1 Å². The Hall–Kier alpha value is -0.460. The maximum absolute atomic E-state index is 9.80. The van der Waals surface area contributed by atoms with E-state index in [1.54, 1.807) is 0 Å². The van der Waals surface area contributed by atoms with Gasteiger partial charge in [0.05, 0.1) is 0 Å². The number of hydrogen-bond acceptors (Lipinski definition) is 4. The van der Waals surface area contributed by atoms with Crippen molar-refractivity contribution in [2.75, 3.05) is 0 Å². The molecule has 4 N–H and O–H groups in total. The first kappa shape index (κ1) is 6.54. The second-order valence-corrected chi connectivity index (χ2v) is 1.73. The van der Waals surface area contributed by atoms with Gasteiger partial charge < -0.3 is 5.73 Å². The second kappa shape index (κ2) is 2.67. The lowest BCUT2D eigenvalue weighted by molar-refractivity contribution is -0.122. The summed E-state index contributed by atoms with van der Waals surface area (Å²) in [7, 11) is 0. The molecule has 0 aromatic heterocycles. The van der Waals surface area contributed by atoms with E-state index >= 15 is 0 Å². The van der Waals surface area contributed by atoms with Crippen LogP contribution in [0.3, 0.4) is 0 Å². The molecule has 0 radical (unpaired) electrons. The molecule has 0 aliphatic heterocycles. The SMILES string of the molecule is N=C(N)S(=O)OO. The van der Waals surface area contributed by atoms with Crippen molar-refractivity contribution in [2.45, 2.75) is 0 Å². The standard InChI is InChI=1S/CH4N2O3S/c2-1(3)7(5)6-4/h4H,(H3,2,3). The zero-order valence-electron chi connectivity index (χ0n) is 3.25. The first-order valence-electron chi connectivity index (χ1n) is 1.26. The van der Waals surface area contributed by atoms with Crippen LogP contribution in [0.5, 0.6) is 0 Å². The van der Waals surface area contributed by atoms with Gasteiger partial charge in [0.1, 0.15) is 0 Å². The van der Waals surface area contributed by atoms with E-state index in [1.165, 1.54) is 0 Å². The molecule has 0 aromatic carbocycles. The quantitative estimate of drug-likeness (QED) is 0.181. The number of nitrogens with two attached hydrogens (primary N) is 1. The maximum Gasteiger partial charge on any atom is 0.254 e. The summed E-state index contributed by atoms with van der Waals surface area (Å²) in [6.45, 7) is 0. The molecule has 0 spiro atoms. The minimum absolute atomic E-state index is 0.706. The van der Waals surface area contributed by atoms with Gasteiger partial charge in [-0.3, -0.25) is 5.41 Å². The minimum Gasteiger partial charge on any atom is -0.375 e. The molecule has 6 heteroatoms. The highest BCUT2D eigenvalue weighted by atomic mass is 32.2. The largest absolute Gasteiger partial charge is 0.375 e. The highest BCUT2D eigenvalue weighted by molar-refractivity contribution is 7.96. The number of rotatable bonds is 1. The first-order valence-corrected chi connectivity index (χ1v) is 2.33. The van der Waals surface area contributed by atoms with Crippen LogP contribution >= 0.6 is 0 Å². The van der Waals surface area contributed by atoms with E-state index in [9.17, 15) is 4.21 Å². The van der Waals surface area contributed by atoms with Crippen LogP contribution in [0, 0.1) is 5.41 Å². The van der Waals surface area contributed by atoms with Crippen LogP contribution in [-0.2, 0) is 15.4 Å². The van der Waals surface area contributed by atoms with Crippen LogP contribution in [-0.4, -0.2) is 14.6 Å². The third-order valence-electron chi connectivity index (χ3n) is 0.247. The predicted molar refractivity (Wildman–Crippen MR) is 23.8 cm³/mol. The molecule has 0 rings (SSSR count). The molecule has 0 saturated heterocycles. The molecule has 1 atom stereocenters. The Morgan fingerprint density at radius 3 is 2.43 bits per heavy atom. The molecule has 0 saturated carbocycles. The van der Waals surface area contributed by atoms with Gasteiger partial charge in [0.2, 0.25) is 5.17 Å². The molecule has 42 valence electrons. The summed E-state index contributed by atoms with van der Waals surface area (Å²) < 4.78 is 12.9. The van der Waals surface area contributed by atoms with Gasteiger partial charge in [-0.2, -0.15) is 0 Å². The summed E-state index contributed by atoms with van der Waals surface area (Å²) in [6.07, 6.45) is 0. The molecule has 7 heavy (non-hydrogen) atoms. The summed E-state index contributed by atoms with van der Waals surface area (Å²) in [5, 5.41) is 13.1. The zero-order chi connectivity index (χ0) is 5.86. The smallest absolute Gasteiger partial charge is 0.254 e. The number of amidine groups is 1. The Bertz CT molecular complexity index is 101. The lowest BCUT2D eigenvalue weighted by Gasteiger charge is -1.86. The molecule has 5 nitrogen and oxygen atoms in total. The highest BCUT2D eigenvalue weighted by Crippen LogP contribution is 1.74. The van der Waals surface area contributed by atoms with Crippen LogP contribution < -0.4 is 5.73 Å². The second-order valence-electron chi connectivity index (χ2n) is 0.673. The molecule has 0 aliphatic rings.